The monoisotopic (exact) mass is 547 g/mol. The summed E-state index contributed by atoms with van der Waals surface area (Å²) in [6.45, 7) is 3.29. The van der Waals surface area contributed by atoms with E-state index in [0.29, 0.717) is 11.8 Å². The van der Waals surface area contributed by atoms with E-state index >= 15 is 0 Å². The zero-order valence-electron chi connectivity index (χ0n) is 24.1. The molecule has 5 heteroatoms. The minimum atomic E-state index is 0.0000822. The van der Waals surface area contributed by atoms with Crippen LogP contribution in [0.1, 0.15) is 61.1 Å². The third-order valence-electron chi connectivity index (χ3n) is 8.85. The Hall–Kier alpha value is -3.70. The molecule has 4 aromatic rings. The van der Waals surface area contributed by atoms with E-state index in [1.54, 1.807) is 0 Å². The summed E-state index contributed by atoms with van der Waals surface area (Å²) < 4.78 is 6.37. The minimum Gasteiger partial charge on any atom is -0.490 e. The molecule has 1 aromatic heterocycles. The summed E-state index contributed by atoms with van der Waals surface area (Å²) in [5.41, 5.74) is 4.77. The number of piperidine rings is 1. The molecule has 1 saturated heterocycles. The summed E-state index contributed by atoms with van der Waals surface area (Å²) in [5.74, 6) is 1.70. The molecule has 1 saturated carbocycles. The Balaban J connectivity index is 0.995. The van der Waals surface area contributed by atoms with Crippen molar-refractivity contribution in [1.82, 2.24) is 14.8 Å². The van der Waals surface area contributed by atoms with Crippen LogP contribution < -0.4 is 4.74 Å². The molecular formula is C36H41N3O2. The standard InChI is InChI=1S/C36H41N3O2/c1-38(26-28-15-18-34-31(24-28)12-7-21-37-34)25-27-13-16-32(17-14-27)41-33-19-22-39(23-20-33)36(40)35(30-10-5-6-11-30)29-8-3-2-4-9-29/h2-4,7-9,12-18,21,24,30,33,35H,5-6,10-11,19-20,22-23,25-26H2,1H3/t35-/m1/s1. The maximum absolute atomic E-state index is 13.7. The smallest absolute Gasteiger partial charge is 0.230 e. The van der Waals surface area contributed by atoms with Crippen molar-refractivity contribution in [1.29, 1.82) is 0 Å². The number of carbonyl (C=O) groups is 1. The first kappa shape index (κ1) is 27.5. The van der Waals surface area contributed by atoms with Crippen LogP contribution >= 0.6 is 0 Å². The fraction of sp³-hybridized carbons (Fsp3) is 0.389. The summed E-state index contributed by atoms with van der Waals surface area (Å²) in [6.07, 6.45) is 8.56. The first-order valence-corrected chi connectivity index (χ1v) is 15.2. The lowest BCUT2D eigenvalue weighted by Crippen LogP contribution is -2.44. The Morgan fingerprint density at radius 1 is 0.878 bits per heavy atom. The number of rotatable bonds is 9. The predicted octanol–water partition coefficient (Wildman–Crippen LogP) is 7.21. The number of hydrogen-bond donors (Lipinski definition) is 0. The second kappa shape index (κ2) is 12.9. The van der Waals surface area contributed by atoms with E-state index in [-0.39, 0.29) is 12.0 Å². The topological polar surface area (TPSA) is 45.7 Å². The summed E-state index contributed by atoms with van der Waals surface area (Å²) in [4.78, 5) is 22.6. The van der Waals surface area contributed by atoms with Crippen molar-refractivity contribution in [3.8, 4) is 5.75 Å². The van der Waals surface area contributed by atoms with Gasteiger partial charge in [0.25, 0.3) is 0 Å². The van der Waals surface area contributed by atoms with Crippen LogP contribution in [0.25, 0.3) is 10.9 Å². The zero-order valence-corrected chi connectivity index (χ0v) is 24.1. The molecule has 0 spiro atoms. The van der Waals surface area contributed by atoms with Crippen molar-refractivity contribution >= 4 is 16.8 Å². The van der Waals surface area contributed by atoms with Gasteiger partial charge in [0.05, 0.1) is 11.4 Å². The maximum atomic E-state index is 13.7. The molecule has 0 unspecified atom stereocenters. The van der Waals surface area contributed by atoms with E-state index in [1.807, 2.05) is 18.3 Å². The van der Waals surface area contributed by atoms with Crippen LogP contribution in [0.3, 0.4) is 0 Å². The minimum absolute atomic E-state index is 0.0000822. The van der Waals surface area contributed by atoms with E-state index in [0.717, 1.165) is 63.1 Å². The average Bonchev–Trinajstić information content (AvgIpc) is 3.53. The summed E-state index contributed by atoms with van der Waals surface area (Å²) in [5, 5.41) is 1.18. The first-order valence-electron chi connectivity index (χ1n) is 15.2. The van der Waals surface area contributed by atoms with Crippen LogP contribution in [0, 0.1) is 5.92 Å². The van der Waals surface area contributed by atoms with Gasteiger partial charge in [0, 0.05) is 50.6 Å². The quantitative estimate of drug-likeness (QED) is 0.222. The van der Waals surface area contributed by atoms with Crippen molar-refractivity contribution in [2.24, 2.45) is 5.92 Å². The Morgan fingerprint density at radius 3 is 2.34 bits per heavy atom. The number of hydrogen-bond acceptors (Lipinski definition) is 4. The van der Waals surface area contributed by atoms with Crippen LogP contribution in [0.5, 0.6) is 5.75 Å². The summed E-state index contributed by atoms with van der Waals surface area (Å²) in [7, 11) is 2.15. The fourth-order valence-corrected chi connectivity index (χ4v) is 6.73. The summed E-state index contributed by atoms with van der Waals surface area (Å²) >= 11 is 0. The third-order valence-corrected chi connectivity index (χ3v) is 8.85. The maximum Gasteiger partial charge on any atom is 0.230 e. The first-order chi connectivity index (χ1) is 20.1. The highest BCUT2D eigenvalue weighted by Gasteiger charge is 2.36. The number of amides is 1. The van der Waals surface area contributed by atoms with Gasteiger partial charge in [0.15, 0.2) is 0 Å². The highest BCUT2D eigenvalue weighted by atomic mass is 16.5. The lowest BCUT2D eigenvalue weighted by atomic mass is 9.83. The van der Waals surface area contributed by atoms with Crippen molar-refractivity contribution in [2.45, 2.75) is 63.6 Å². The van der Waals surface area contributed by atoms with Crippen LogP contribution in [0.2, 0.25) is 0 Å². The molecule has 0 radical (unpaired) electrons. The molecule has 0 N–H and O–H groups in total. The SMILES string of the molecule is CN(Cc1ccc(OC2CCN(C(=O)[C@H](c3ccccc3)C3CCCC3)CC2)cc1)Cc1ccc2ncccc2c1. The molecule has 212 valence electrons. The lowest BCUT2D eigenvalue weighted by Gasteiger charge is -2.36. The number of fused-ring (bicyclic) bond motifs is 1. The Bertz CT molecular complexity index is 1420. The van der Waals surface area contributed by atoms with Gasteiger partial charge in [-0.1, -0.05) is 67.4 Å². The number of aromatic nitrogens is 1. The average molecular weight is 548 g/mol. The molecule has 3 aromatic carbocycles. The van der Waals surface area contributed by atoms with Crippen LogP contribution in [0.15, 0.2) is 91.1 Å². The number of nitrogens with zero attached hydrogens (tertiary/aromatic N) is 3. The van der Waals surface area contributed by atoms with Gasteiger partial charge >= 0.3 is 0 Å². The largest absolute Gasteiger partial charge is 0.490 e. The van der Waals surface area contributed by atoms with E-state index in [2.05, 4.69) is 94.6 Å². The predicted molar refractivity (Wildman–Crippen MR) is 165 cm³/mol. The van der Waals surface area contributed by atoms with Gasteiger partial charge in [-0.2, -0.15) is 0 Å². The molecule has 5 nitrogen and oxygen atoms in total. The lowest BCUT2D eigenvalue weighted by molar-refractivity contribution is -0.136. The van der Waals surface area contributed by atoms with Crippen molar-refractivity contribution in [2.75, 3.05) is 20.1 Å². The molecule has 6 rings (SSSR count). The van der Waals surface area contributed by atoms with Crippen molar-refractivity contribution in [3.05, 3.63) is 108 Å². The highest BCUT2D eigenvalue weighted by Crippen LogP contribution is 2.39. The van der Waals surface area contributed by atoms with Crippen LogP contribution in [-0.2, 0) is 17.9 Å². The normalized spacial score (nSPS) is 17.3. The summed E-state index contributed by atoms with van der Waals surface area (Å²) in [6, 6.07) is 29.6. The molecule has 1 aliphatic carbocycles. The highest BCUT2D eigenvalue weighted by molar-refractivity contribution is 5.84. The van der Waals surface area contributed by atoms with Crippen LogP contribution in [-0.4, -0.2) is 46.9 Å². The van der Waals surface area contributed by atoms with E-state index in [1.165, 1.54) is 34.9 Å². The van der Waals surface area contributed by atoms with Gasteiger partial charge < -0.3 is 9.64 Å². The molecule has 2 fully saturated rings. The molecular weight excluding hydrogens is 506 g/mol. The van der Waals surface area contributed by atoms with E-state index in [9.17, 15) is 4.79 Å². The van der Waals surface area contributed by atoms with Gasteiger partial charge in [0.1, 0.15) is 11.9 Å². The number of carbonyl (C=O) groups excluding carboxylic acids is 1. The van der Waals surface area contributed by atoms with Gasteiger partial charge in [-0.05, 0) is 72.8 Å². The van der Waals surface area contributed by atoms with Gasteiger partial charge in [-0.3, -0.25) is 14.7 Å². The van der Waals surface area contributed by atoms with E-state index < -0.39 is 0 Å². The molecule has 1 amide bonds. The van der Waals surface area contributed by atoms with Gasteiger partial charge in [0.2, 0.25) is 5.91 Å². The molecule has 2 aliphatic rings. The molecule has 2 heterocycles. The number of ether oxygens (including phenoxy) is 1. The Kier molecular flexibility index (Phi) is 8.62. The van der Waals surface area contributed by atoms with E-state index in [4.69, 9.17) is 4.74 Å². The molecule has 41 heavy (non-hydrogen) atoms. The Morgan fingerprint density at radius 2 is 1.59 bits per heavy atom. The molecule has 1 aliphatic heterocycles. The molecule has 1 atom stereocenters. The fourth-order valence-electron chi connectivity index (χ4n) is 6.73. The van der Waals surface area contributed by atoms with Crippen molar-refractivity contribution < 1.29 is 9.53 Å². The second-order valence-electron chi connectivity index (χ2n) is 11.9. The number of pyridine rings is 1. The number of likely N-dealkylation sites (tertiary alicyclic amines) is 1. The van der Waals surface area contributed by atoms with Gasteiger partial charge in [-0.15, -0.1) is 0 Å². The zero-order chi connectivity index (χ0) is 28.0. The Labute approximate surface area is 244 Å². The second-order valence-corrected chi connectivity index (χ2v) is 11.9. The number of benzene rings is 3. The third kappa shape index (κ3) is 6.79. The van der Waals surface area contributed by atoms with Crippen molar-refractivity contribution in [3.63, 3.8) is 0 Å². The van der Waals surface area contributed by atoms with Crippen LogP contribution in [0.4, 0.5) is 0 Å². The molecule has 0 bridgehead atoms. The van der Waals surface area contributed by atoms with Gasteiger partial charge in [-0.25, -0.2) is 0 Å².